The minimum absolute atomic E-state index is 0.0537. The lowest BCUT2D eigenvalue weighted by atomic mass is 10.1. The molecule has 0 aliphatic carbocycles. The van der Waals surface area contributed by atoms with Crippen LogP contribution in [0.4, 0.5) is 14.6 Å². The molecule has 0 bridgehead atoms. The average Bonchev–Trinajstić information content (AvgIpc) is 2.15. The predicted molar refractivity (Wildman–Crippen MR) is 50.8 cm³/mol. The number of aryl methyl sites for hydroxylation is 1. The topological polar surface area (TPSA) is 73.1 Å². The Morgan fingerprint density at radius 1 is 1.62 bits per heavy atom. The highest BCUT2D eigenvalue weighted by Crippen LogP contribution is 2.27. The van der Waals surface area contributed by atoms with Crippen LogP contribution in [-0.2, 0) is 0 Å². The van der Waals surface area contributed by atoms with Gasteiger partial charge >= 0.3 is 5.82 Å². The first-order chi connectivity index (χ1) is 7.34. The third-order valence-electron chi connectivity index (χ3n) is 1.81. The monoisotopic (exact) mass is 250 g/mol. The lowest BCUT2D eigenvalue weighted by Crippen LogP contribution is -2.06. The molecule has 1 aromatic heterocycles. The fraction of sp³-hybridized carbons (Fsp3) is 0.250. The quantitative estimate of drug-likeness (QED) is 0.469. The predicted octanol–water partition coefficient (Wildman–Crippen LogP) is 2.61. The van der Waals surface area contributed by atoms with E-state index in [2.05, 4.69) is 4.98 Å². The smallest absolute Gasteiger partial charge is 0.358 e. The molecular formula is C8H5ClF2N2O3. The van der Waals surface area contributed by atoms with Crippen LogP contribution in [0.5, 0.6) is 0 Å². The summed E-state index contributed by atoms with van der Waals surface area (Å²) >= 11 is 5.02. The normalized spacial score (nSPS) is 10.6. The maximum Gasteiger partial charge on any atom is 0.367 e. The molecular weight excluding hydrogens is 246 g/mol. The second-order valence-electron chi connectivity index (χ2n) is 2.90. The Morgan fingerprint density at radius 2 is 2.19 bits per heavy atom. The van der Waals surface area contributed by atoms with Crippen molar-refractivity contribution in [2.75, 3.05) is 0 Å². The largest absolute Gasteiger partial charge is 0.367 e. The zero-order valence-corrected chi connectivity index (χ0v) is 8.66. The summed E-state index contributed by atoms with van der Waals surface area (Å²) in [5, 5.41) is 9.23. The summed E-state index contributed by atoms with van der Waals surface area (Å²) in [6.45, 7) is 1.25. The maximum absolute atomic E-state index is 12.5. The van der Waals surface area contributed by atoms with Gasteiger partial charge in [0.15, 0.2) is 0 Å². The lowest BCUT2D eigenvalue weighted by molar-refractivity contribution is -0.390. The van der Waals surface area contributed by atoms with E-state index >= 15 is 0 Å². The molecule has 1 rings (SSSR count). The molecule has 16 heavy (non-hydrogen) atoms. The highest BCUT2D eigenvalue weighted by molar-refractivity contribution is 6.67. The molecule has 0 aliphatic rings. The number of alkyl halides is 2. The molecule has 0 aromatic carbocycles. The van der Waals surface area contributed by atoms with Gasteiger partial charge in [0.1, 0.15) is 0 Å². The summed E-state index contributed by atoms with van der Waals surface area (Å²) in [4.78, 5) is 23.6. The van der Waals surface area contributed by atoms with Gasteiger partial charge in [-0.3, -0.25) is 4.79 Å². The van der Waals surface area contributed by atoms with E-state index in [4.69, 9.17) is 11.6 Å². The van der Waals surface area contributed by atoms with E-state index in [0.29, 0.717) is 0 Å². The van der Waals surface area contributed by atoms with E-state index in [0.717, 1.165) is 6.07 Å². The molecule has 0 saturated heterocycles. The van der Waals surface area contributed by atoms with Crippen molar-refractivity contribution in [2.24, 2.45) is 0 Å². The third-order valence-corrected chi connectivity index (χ3v) is 1.99. The van der Waals surface area contributed by atoms with Crippen molar-refractivity contribution in [3.63, 3.8) is 0 Å². The zero-order chi connectivity index (χ0) is 12.5. The van der Waals surface area contributed by atoms with Crippen molar-refractivity contribution in [1.29, 1.82) is 0 Å². The average molecular weight is 251 g/mol. The van der Waals surface area contributed by atoms with Gasteiger partial charge in [0.05, 0.1) is 5.56 Å². The van der Waals surface area contributed by atoms with Gasteiger partial charge in [-0.25, -0.2) is 8.78 Å². The molecule has 1 aromatic rings. The summed E-state index contributed by atoms with van der Waals surface area (Å²) in [6.07, 6.45) is -2.97. The Labute approximate surface area is 93.2 Å². The molecule has 0 atom stereocenters. The number of pyridine rings is 1. The Balaban J connectivity index is 3.49. The first kappa shape index (κ1) is 12.4. The first-order valence-electron chi connectivity index (χ1n) is 3.98. The molecule has 0 fully saturated rings. The van der Waals surface area contributed by atoms with Crippen molar-refractivity contribution in [1.82, 2.24) is 4.98 Å². The number of carbonyl (C=O) groups excluding carboxylic acids is 1. The number of aromatic nitrogens is 1. The van der Waals surface area contributed by atoms with Gasteiger partial charge in [-0.05, 0) is 34.5 Å². The third kappa shape index (κ3) is 2.30. The van der Waals surface area contributed by atoms with Gasteiger partial charge < -0.3 is 10.1 Å². The number of carbonyl (C=O) groups is 1. The molecule has 0 saturated carbocycles. The van der Waals surface area contributed by atoms with Crippen molar-refractivity contribution in [3.05, 3.63) is 33.0 Å². The zero-order valence-electron chi connectivity index (χ0n) is 7.91. The van der Waals surface area contributed by atoms with Crippen LogP contribution in [0.2, 0.25) is 0 Å². The second kappa shape index (κ2) is 4.48. The number of rotatable bonds is 3. The van der Waals surface area contributed by atoms with Gasteiger partial charge in [-0.1, -0.05) is 0 Å². The minimum atomic E-state index is -2.97. The van der Waals surface area contributed by atoms with Gasteiger partial charge in [0.25, 0.3) is 11.7 Å². The fourth-order valence-electron chi connectivity index (χ4n) is 1.13. The van der Waals surface area contributed by atoms with E-state index in [-0.39, 0.29) is 5.56 Å². The molecule has 86 valence electrons. The van der Waals surface area contributed by atoms with E-state index in [1.165, 1.54) is 6.92 Å². The minimum Gasteiger partial charge on any atom is -0.358 e. The molecule has 8 heteroatoms. The summed E-state index contributed by atoms with van der Waals surface area (Å²) in [5.41, 5.74) is -1.54. The fourth-order valence-corrected chi connectivity index (χ4v) is 1.28. The Bertz CT molecular complexity index is 465. The van der Waals surface area contributed by atoms with Crippen LogP contribution in [0.15, 0.2) is 6.07 Å². The number of halogens is 3. The van der Waals surface area contributed by atoms with E-state index in [1.54, 1.807) is 0 Å². The van der Waals surface area contributed by atoms with Crippen LogP contribution in [0.1, 0.15) is 28.0 Å². The molecule has 0 N–H and O–H groups in total. The van der Waals surface area contributed by atoms with Crippen LogP contribution in [-0.4, -0.2) is 15.1 Å². The highest BCUT2D eigenvalue weighted by atomic mass is 35.5. The van der Waals surface area contributed by atoms with Crippen molar-refractivity contribution in [3.8, 4) is 0 Å². The Morgan fingerprint density at radius 3 is 2.56 bits per heavy atom. The van der Waals surface area contributed by atoms with Crippen LogP contribution in [0, 0.1) is 17.0 Å². The number of hydrogen-bond acceptors (Lipinski definition) is 4. The Hall–Kier alpha value is -1.63. The molecule has 0 spiro atoms. The van der Waals surface area contributed by atoms with Crippen LogP contribution >= 0.6 is 11.6 Å². The van der Waals surface area contributed by atoms with Crippen molar-refractivity contribution < 1.29 is 18.5 Å². The summed E-state index contributed by atoms with van der Waals surface area (Å²) in [6, 6.07) is 0.839. The summed E-state index contributed by atoms with van der Waals surface area (Å²) in [5.74, 6) is -0.659. The van der Waals surface area contributed by atoms with E-state index in [9.17, 15) is 23.7 Å². The van der Waals surface area contributed by atoms with Gasteiger partial charge in [0.2, 0.25) is 5.69 Å². The lowest BCUT2D eigenvalue weighted by Gasteiger charge is -2.03. The molecule has 0 aliphatic heterocycles. The van der Waals surface area contributed by atoms with Crippen LogP contribution in [0.25, 0.3) is 0 Å². The summed E-state index contributed by atoms with van der Waals surface area (Å²) < 4.78 is 25.0. The van der Waals surface area contributed by atoms with Crippen LogP contribution < -0.4 is 0 Å². The standard InChI is InChI=1S/C8H5ClF2N2O3/c1-3-2-4(7(10)11)5(6(9)14)12-8(3)13(15)16/h2,7H,1H3. The van der Waals surface area contributed by atoms with Crippen molar-refractivity contribution >= 4 is 22.7 Å². The molecule has 5 nitrogen and oxygen atoms in total. The molecule has 0 radical (unpaired) electrons. The SMILES string of the molecule is Cc1cc(C(F)F)c(C(=O)Cl)nc1[N+](=O)[O-]. The molecule has 1 heterocycles. The number of nitro groups is 1. The van der Waals surface area contributed by atoms with E-state index < -0.39 is 33.7 Å². The second-order valence-corrected chi connectivity index (χ2v) is 3.24. The molecule has 0 amide bonds. The van der Waals surface area contributed by atoms with Crippen LogP contribution in [0.3, 0.4) is 0 Å². The van der Waals surface area contributed by atoms with Gasteiger partial charge in [-0.15, -0.1) is 0 Å². The highest BCUT2D eigenvalue weighted by Gasteiger charge is 2.27. The first-order valence-corrected chi connectivity index (χ1v) is 4.36. The molecule has 0 unspecified atom stereocenters. The Kier molecular flexibility index (Phi) is 3.48. The summed E-state index contributed by atoms with van der Waals surface area (Å²) in [7, 11) is 0. The number of hydrogen-bond donors (Lipinski definition) is 0. The van der Waals surface area contributed by atoms with Gasteiger partial charge in [-0.2, -0.15) is 0 Å². The van der Waals surface area contributed by atoms with E-state index in [1.807, 2.05) is 0 Å². The van der Waals surface area contributed by atoms with Crippen molar-refractivity contribution in [2.45, 2.75) is 13.3 Å². The van der Waals surface area contributed by atoms with Gasteiger partial charge in [0, 0.05) is 5.56 Å². The maximum atomic E-state index is 12.5. The number of nitrogens with zero attached hydrogens (tertiary/aromatic N) is 2.